The summed E-state index contributed by atoms with van der Waals surface area (Å²) in [6.07, 6.45) is 2.05. The number of rotatable bonds is 4. The van der Waals surface area contributed by atoms with E-state index in [0.717, 1.165) is 41.0 Å². The van der Waals surface area contributed by atoms with Gasteiger partial charge in [0.15, 0.2) is 0 Å². The predicted molar refractivity (Wildman–Crippen MR) is 108 cm³/mol. The number of carbonyl (C=O) groups excluding carboxylic acids is 1. The second kappa shape index (κ2) is 6.47. The van der Waals surface area contributed by atoms with Gasteiger partial charge in [0.05, 0.1) is 5.56 Å². The van der Waals surface area contributed by atoms with Crippen LogP contribution in [0.3, 0.4) is 0 Å². The maximum Gasteiger partial charge on any atom is 0.258 e. The standard InChI is InChI=1S/C23H21N3O/c27-23-20-8-4-5-9-21(20)25-22(26(23)19-14-15-19)16-10-12-18(13-11-16)24-17-6-2-1-3-7-17/h1-13,19,22,24-25H,14-15H2/t22-/m1/s1. The van der Waals surface area contributed by atoms with Crippen molar-refractivity contribution in [3.8, 4) is 0 Å². The zero-order valence-corrected chi connectivity index (χ0v) is 14.9. The first-order valence-corrected chi connectivity index (χ1v) is 9.40. The van der Waals surface area contributed by atoms with Crippen molar-refractivity contribution in [2.45, 2.75) is 25.0 Å². The zero-order valence-electron chi connectivity index (χ0n) is 14.9. The van der Waals surface area contributed by atoms with Gasteiger partial charge in [-0.3, -0.25) is 4.79 Å². The maximum absolute atomic E-state index is 13.1. The van der Waals surface area contributed by atoms with Crippen LogP contribution in [0.1, 0.15) is 34.9 Å². The molecule has 0 saturated heterocycles. The number of carbonyl (C=O) groups is 1. The lowest BCUT2D eigenvalue weighted by Crippen LogP contribution is -2.44. The van der Waals surface area contributed by atoms with Gasteiger partial charge in [0.25, 0.3) is 5.91 Å². The van der Waals surface area contributed by atoms with Gasteiger partial charge >= 0.3 is 0 Å². The molecule has 0 bridgehead atoms. The van der Waals surface area contributed by atoms with E-state index in [-0.39, 0.29) is 12.1 Å². The van der Waals surface area contributed by atoms with E-state index in [0.29, 0.717) is 6.04 Å². The van der Waals surface area contributed by atoms with Crippen LogP contribution in [-0.4, -0.2) is 16.8 Å². The molecule has 0 unspecified atom stereocenters. The summed E-state index contributed by atoms with van der Waals surface area (Å²) in [6, 6.07) is 26.6. The first-order valence-electron chi connectivity index (χ1n) is 9.40. The Bertz CT molecular complexity index is 964. The van der Waals surface area contributed by atoms with Crippen LogP contribution in [0.2, 0.25) is 0 Å². The van der Waals surface area contributed by atoms with Crippen molar-refractivity contribution in [3.63, 3.8) is 0 Å². The molecule has 1 fully saturated rings. The Balaban J connectivity index is 1.43. The molecule has 1 heterocycles. The number of nitrogens with one attached hydrogen (secondary N) is 2. The number of nitrogens with zero attached hydrogens (tertiary/aromatic N) is 1. The molecule has 0 spiro atoms. The van der Waals surface area contributed by atoms with Crippen LogP contribution in [0.5, 0.6) is 0 Å². The summed E-state index contributed by atoms with van der Waals surface area (Å²) in [5, 5.41) is 6.97. The molecule has 3 aromatic carbocycles. The van der Waals surface area contributed by atoms with E-state index >= 15 is 0 Å². The smallest absolute Gasteiger partial charge is 0.258 e. The van der Waals surface area contributed by atoms with Gasteiger partial charge < -0.3 is 15.5 Å². The second-order valence-corrected chi connectivity index (χ2v) is 7.15. The van der Waals surface area contributed by atoms with Gasteiger partial charge in [-0.25, -0.2) is 0 Å². The number of amides is 1. The molecular weight excluding hydrogens is 334 g/mol. The van der Waals surface area contributed by atoms with Crippen molar-refractivity contribution in [3.05, 3.63) is 90.0 Å². The summed E-state index contributed by atoms with van der Waals surface area (Å²) in [5.74, 6) is 0.128. The Morgan fingerprint density at radius 3 is 2.22 bits per heavy atom. The van der Waals surface area contributed by atoms with Gasteiger partial charge in [0.1, 0.15) is 6.17 Å². The van der Waals surface area contributed by atoms with Gasteiger partial charge in [-0.15, -0.1) is 0 Å². The summed E-state index contributed by atoms with van der Waals surface area (Å²) < 4.78 is 0. The maximum atomic E-state index is 13.1. The fraction of sp³-hybridized carbons (Fsp3) is 0.174. The Hall–Kier alpha value is -3.27. The highest BCUT2D eigenvalue weighted by molar-refractivity contribution is 6.02. The average Bonchev–Trinajstić information content (AvgIpc) is 3.54. The molecule has 27 heavy (non-hydrogen) atoms. The van der Waals surface area contributed by atoms with E-state index in [1.165, 1.54) is 0 Å². The lowest BCUT2D eigenvalue weighted by atomic mass is 10.0. The predicted octanol–water partition coefficient (Wildman–Crippen LogP) is 5.16. The van der Waals surface area contributed by atoms with E-state index in [9.17, 15) is 4.79 Å². The van der Waals surface area contributed by atoms with E-state index in [4.69, 9.17) is 0 Å². The molecule has 134 valence electrons. The van der Waals surface area contributed by atoms with Crippen LogP contribution in [0.15, 0.2) is 78.9 Å². The first kappa shape index (κ1) is 15.9. The summed E-state index contributed by atoms with van der Waals surface area (Å²) in [4.78, 5) is 15.1. The minimum atomic E-state index is -0.120. The topological polar surface area (TPSA) is 44.4 Å². The molecule has 1 atom stereocenters. The second-order valence-electron chi connectivity index (χ2n) is 7.15. The minimum Gasteiger partial charge on any atom is -0.361 e. The summed E-state index contributed by atoms with van der Waals surface area (Å²) in [6.45, 7) is 0. The minimum absolute atomic E-state index is 0.120. The fourth-order valence-corrected chi connectivity index (χ4v) is 3.68. The fourth-order valence-electron chi connectivity index (χ4n) is 3.68. The molecule has 3 aromatic rings. The van der Waals surface area contributed by atoms with Crippen molar-refractivity contribution < 1.29 is 4.79 Å². The molecule has 4 heteroatoms. The van der Waals surface area contributed by atoms with Crippen molar-refractivity contribution in [1.29, 1.82) is 0 Å². The Morgan fingerprint density at radius 1 is 0.815 bits per heavy atom. The molecule has 2 N–H and O–H groups in total. The molecule has 0 aromatic heterocycles. The monoisotopic (exact) mass is 355 g/mol. The van der Waals surface area contributed by atoms with E-state index in [1.54, 1.807) is 0 Å². The molecule has 1 aliphatic heterocycles. The number of para-hydroxylation sites is 2. The molecule has 1 saturated carbocycles. The summed E-state index contributed by atoms with van der Waals surface area (Å²) >= 11 is 0. The van der Waals surface area contributed by atoms with Crippen LogP contribution >= 0.6 is 0 Å². The highest BCUT2D eigenvalue weighted by atomic mass is 16.2. The van der Waals surface area contributed by atoms with Crippen LogP contribution < -0.4 is 10.6 Å². The average molecular weight is 355 g/mol. The van der Waals surface area contributed by atoms with Crippen LogP contribution in [0.25, 0.3) is 0 Å². The van der Waals surface area contributed by atoms with Crippen molar-refractivity contribution in [1.82, 2.24) is 4.90 Å². The first-order chi connectivity index (χ1) is 13.3. The Labute approximate surface area is 158 Å². The molecule has 2 aliphatic rings. The van der Waals surface area contributed by atoms with Gasteiger partial charge in [-0.05, 0) is 54.8 Å². The number of hydrogen-bond donors (Lipinski definition) is 2. The number of hydrogen-bond acceptors (Lipinski definition) is 3. The third kappa shape index (κ3) is 3.04. The third-order valence-corrected chi connectivity index (χ3v) is 5.19. The normalized spacial score (nSPS) is 18.6. The van der Waals surface area contributed by atoms with Crippen molar-refractivity contribution in [2.24, 2.45) is 0 Å². The van der Waals surface area contributed by atoms with Gasteiger partial charge in [-0.2, -0.15) is 0 Å². The van der Waals surface area contributed by atoms with E-state index in [1.807, 2.05) is 59.5 Å². The molecule has 5 rings (SSSR count). The number of benzene rings is 3. The third-order valence-electron chi connectivity index (χ3n) is 5.19. The summed E-state index contributed by atoms with van der Waals surface area (Å²) in [7, 11) is 0. The number of fused-ring (bicyclic) bond motifs is 1. The lowest BCUT2D eigenvalue weighted by molar-refractivity contribution is 0.0666. The highest BCUT2D eigenvalue weighted by Crippen LogP contribution is 2.40. The summed E-state index contributed by atoms with van der Waals surface area (Å²) in [5.41, 5.74) is 4.87. The highest BCUT2D eigenvalue weighted by Gasteiger charge is 2.41. The van der Waals surface area contributed by atoms with Crippen LogP contribution in [0.4, 0.5) is 17.1 Å². The Morgan fingerprint density at radius 2 is 1.48 bits per heavy atom. The van der Waals surface area contributed by atoms with Crippen molar-refractivity contribution >= 4 is 23.0 Å². The van der Waals surface area contributed by atoms with Crippen molar-refractivity contribution in [2.75, 3.05) is 10.6 Å². The molecule has 0 radical (unpaired) electrons. The lowest BCUT2D eigenvalue weighted by Gasteiger charge is -2.38. The molecule has 1 amide bonds. The van der Waals surface area contributed by atoms with Gasteiger partial charge in [0.2, 0.25) is 0 Å². The van der Waals surface area contributed by atoms with Crippen LogP contribution in [0, 0.1) is 0 Å². The quantitative estimate of drug-likeness (QED) is 0.679. The van der Waals surface area contributed by atoms with Crippen LogP contribution in [-0.2, 0) is 0 Å². The zero-order chi connectivity index (χ0) is 18.2. The van der Waals surface area contributed by atoms with E-state index in [2.05, 4.69) is 34.9 Å². The Kier molecular flexibility index (Phi) is 3.82. The molecular formula is C23H21N3O. The molecule has 4 nitrogen and oxygen atoms in total. The largest absolute Gasteiger partial charge is 0.361 e. The van der Waals surface area contributed by atoms with Gasteiger partial charge in [-0.1, -0.05) is 42.5 Å². The van der Waals surface area contributed by atoms with E-state index < -0.39 is 0 Å². The SMILES string of the molecule is O=C1c2ccccc2N[C@@H](c2ccc(Nc3ccccc3)cc2)N1C1CC1. The molecule has 1 aliphatic carbocycles. The van der Waals surface area contributed by atoms with Gasteiger partial charge in [0, 0.05) is 23.1 Å². The number of anilines is 3.